The molecule has 3 rings (SSSR count). The molecule has 3 heterocycles. The fraction of sp³-hybridized carbons (Fsp3) is 0.500. The van der Waals surface area contributed by atoms with Gasteiger partial charge < -0.3 is 14.6 Å². The fourth-order valence-electron chi connectivity index (χ4n) is 2.63. The van der Waals surface area contributed by atoms with E-state index < -0.39 is 48.5 Å². The van der Waals surface area contributed by atoms with Crippen molar-refractivity contribution in [3.63, 3.8) is 0 Å². The molecule has 9 nitrogen and oxygen atoms in total. The van der Waals surface area contributed by atoms with Crippen LogP contribution in [0.3, 0.4) is 0 Å². The smallest absolute Gasteiger partial charge is 0.408 e. The number of nitrogens with zero attached hydrogens (tertiary/aromatic N) is 5. The van der Waals surface area contributed by atoms with Crippen molar-refractivity contribution in [1.29, 1.82) is 0 Å². The van der Waals surface area contributed by atoms with Gasteiger partial charge in [0, 0.05) is 29.0 Å². The molecule has 1 atom stereocenters. The lowest BCUT2D eigenvalue weighted by Gasteiger charge is -2.40. The number of amides is 2. The highest BCUT2D eigenvalue weighted by Crippen LogP contribution is 2.26. The molecule has 1 unspecified atom stereocenters. The molecule has 158 valence electrons. The molecule has 1 fully saturated rings. The standard InChI is InChI=1S/C14H12BrF5N6O3/c15-13-22-8(10(16)17)9(29-13)11(27)21-3-6-1-2-26(6)12(28)7-4-25(24-23-7)5-14(18,19)20/h4,6,10H,1-3,5H2,(H,21,27). The molecule has 15 heteroatoms. The Morgan fingerprint density at radius 1 is 1.38 bits per heavy atom. The van der Waals surface area contributed by atoms with Gasteiger partial charge in [-0.1, -0.05) is 5.21 Å². The minimum absolute atomic E-state index is 0.0811. The van der Waals surface area contributed by atoms with Crippen molar-refractivity contribution in [1.82, 2.24) is 30.2 Å². The highest BCUT2D eigenvalue weighted by Gasteiger charge is 2.36. The molecule has 1 saturated heterocycles. The third-order valence-electron chi connectivity index (χ3n) is 4.04. The summed E-state index contributed by atoms with van der Waals surface area (Å²) < 4.78 is 68.2. The average molecular weight is 487 g/mol. The zero-order chi connectivity index (χ0) is 21.3. The van der Waals surface area contributed by atoms with E-state index >= 15 is 0 Å². The monoisotopic (exact) mass is 486 g/mol. The summed E-state index contributed by atoms with van der Waals surface area (Å²) in [5, 5.41) is 9.07. The molecule has 0 aromatic carbocycles. The second-order valence-electron chi connectivity index (χ2n) is 6.05. The van der Waals surface area contributed by atoms with Crippen LogP contribution in [0.4, 0.5) is 22.0 Å². The minimum atomic E-state index is -4.51. The maximum absolute atomic E-state index is 12.9. The van der Waals surface area contributed by atoms with Crippen molar-refractivity contribution in [2.24, 2.45) is 0 Å². The normalized spacial score (nSPS) is 16.8. The number of alkyl halides is 5. The summed E-state index contributed by atoms with van der Waals surface area (Å²) >= 11 is 2.77. The van der Waals surface area contributed by atoms with E-state index in [2.05, 4.69) is 36.5 Å². The molecule has 0 spiro atoms. The maximum Gasteiger partial charge on any atom is 0.408 e. The Labute approximate surface area is 167 Å². The van der Waals surface area contributed by atoms with Crippen LogP contribution in [-0.4, -0.2) is 62.0 Å². The van der Waals surface area contributed by atoms with Crippen molar-refractivity contribution in [3.05, 3.63) is 28.1 Å². The van der Waals surface area contributed by atoms with Crippen LogP contribution < -0.4 is 5.32 Å². The van der Waals surface area contributed by atoms with Crippen LogP contribution in [0.1, 0.15) is 39.6 Å². The highest BCUT2D eigenvalue weighted by atomic mass is 79.9. The minimum Gasteiger partial charge on any atom is -0.425 e. The topological polar surface area (TPSA) is 106 Å². The molecule has 0 aliphatic carbocycles. The van der Waals surface area contributed by atoms with Crippen molar-refractivity contribution in [2.75, 3.05) is 13.1 Å². The Morgan fingerprint density at radius 3 is 2.69 bits per heavy atom. The first-order chi connectivity index (χ1) is 13.5. The van der Waals surface area contributed by atoms with E-state index in [4.69, 9.17) is 4.42 Å². The van der Waals surface area contributed by atoms with Gasteiger partial charge >= 0.3 is 6.18 Å². The van der Waals surface area contributed by atoms with Gasteiger partial charge in [0.2, 0.25) is 5.76 Å². The van der Waals surface area contributed by atoms with Gasteiger partial charge in [-0.2, -0.15) is 13.2 Å². The number of likely N-dealkylation sites (tertiary alicyclic amines) is 1. The van der Waals surface area contributed by atoms with Gasteiger partial charge in [-0.3, -0.25) is 9.59 Å². The van der Waals surface area contributed by atoms with Gasteiger partial charge in [-0.05, 0) is 6.42 Å². The maximum atomic E-state index is 12.9. The van der Waals surface area contributed by atoms with Crippen LogP contribution in [0.25, 0.3) is 0 Å². The van der Waals surface area contributed by atoms with Crippen LogP contribution >= 0.6 is 15.9 Å². The zero-order valence-corrected chi connectivity index (χ0v) is 15.9. The number of carbonyl (C=O) groups is 2. The summed E-state index contributed by atoms with van der Waals surface area (Å²) in [5.41, 5.74) is -1.10. The van der Waals surface area contributed by atoms with Gasteiger partial charge in [0.25, 0.3) is 23.0 Å². The Balaban J connectivity index is 1.58. The SMILES string of the molecule is O=C(NCC1CCN1C(=O)c1cn(CC(F)(F)F)nn1)c1oc(Br)nc1C(F)F. The average Bonchev–Trinajstić information content (AvgIpc) is 3.19. The van der Waals surface area contributed by atoms with Crippen molar-refractivity contribution in [3.8, 4) is 0 Å². The van der Waals surface area contributed by atoms with E-state index in [1.54, 1.807) is 0 Å². The molecule has 2 aromatic rings. The molecule has 0 saturated carbocycles. The number of nitrogens with one attached hydrogen (secondary N) is 1. The molecule has 0 radical (unpaired) electrons. The van der Waals surface area contributed by atoms with Gasteiger partial charge in [0.1, 0.15) is 6.54 Å². The number of oxazole rings is 1. The van der Waals surface area contributed by atoms with Crippen LogP contribution in [0.5, 0.6) is 0 Å². The zero-order valence-electron chi connectivity index (χ0n) is 14.3. The predicted octanol–water partition coefficient (Wildman–Crippen LogP) is 2.17. The largest absolute Gasteiger partial charge is 0.425 e. The summed E-state index contributed by atoms with van der Waals surface area (Å²) in [4.78, 5) is 28.8. The Bertz CT molecular complexity index is 914. The lowest BCUT2D eigenvalue weighted by atomic mass is 10.0. The molecular formula is C14H12BrF5N6O3. The van der Waals surface area contributed by atoms with Crippen LogP contribution in [0.15, 0.2) is 15.4 Å². The van der Waals surface area contributed by atoms with Crippen molar-refractivity contribution >= 4 is 27.7 Å². The number of aromatic nitrogens is 4. The quantitative estimate of drug-likeness (QED) is 0.627. The van der Waals surface area contributed by atoms with E-state index in [-0.39, 0.29) is 17.0 Å². The van der Waals surface area contributed by atoms with E-state index in [1.807, 2.05) is 0 Å². The molecule has 2 aromatic heterocycles. The molecule has 29 heavy (non-hydrogen) atoms. The van der Waals surface area contributed by atoms with Crippen LogP contribution in [0, 0.1) is 0 Å². The van der Waals surface area contributed by atoms with Gasteiger partial charge in [-0.25, -0.2) is 18.4 Å². The van der Waals surface area contributed by atoms with Gasteiger partial charge in [-0.15, -0.1) is 5.10 Å². The van der Waals surface area contributed by atoms with Crippen LogP contribution in [-0.2, 0) is 6.54 Å². The first kappa shape index (κ1) is 21.1. The molecule has 1 N–H and O–H groups in total. The first-order valence-corrected chi connectivity index (χ1v) is 8.85. The lowest BCUT2D eigenvalue weighted by Crippen LogP contribution is -2.56. The summed E-state index contributed by atoms with van der Waals surface area (Å²) in [6.07, 6.45) is -6.16. The van der Waals surface area contributed by atoms with Gasteiger partial charge in [0.05, 0.1) is 12.2 Å². The third-order valence-corrected chi connectivity index (χ3v) is 4.38. The van der Waals surface area contributed by atoms with Crippen LogP contribution in [0.2, 0.25) is 0 Å². The summed E-state index contributed by atoms with van der Waals surface area (Å²) in [5.74, 6) is -2.24. The number of hydrogen-bond acceptors (Lipinski definition) is 6. The molecular weight excluding hydrogens is 475 g/mol. The Hall–Kier alpha value is -2.58. The third kappa shape index (κ3) is 4.89. The summed E-state index contributed by atoms with van der Waals surface area (Å²) in [6, 6.07) is -0.486. The number of carbonyl (C=O) groups excluding carboxylic acids is 2. The van der Waals surface area contributed by atoms with E-state index in [9.17, 15) is 31.5 Å². The predicted molar refractivity (Wildman–Crippen MR) is 87.0 cm³/mol. The van der Waals surface area contributed by atoms with E-state index in [0.29, 0.717) is 17.6 Å². The molecule has 1 aliphatic rings. The molecule has 1 aliphatic heterocycles. The van der Waals surface area contributed by atoms with Crippen molar-refractivity contribution in [2.45, 2.75) is 31.6 Å². The second kappa shape index (κ2) is 8.04. The summed E-state index contributed by atoms with van der Waals surface area (Å²) in [7, 11) is 0. The Kier molecular flexibility index (Phi) is 5.86. The van der Waals surface area contributed by atoms with E-state index in [0.717, 1.165) is 6.20 Å². The first-order valence-electron chi connectivity index (χ1n) is 8.05. The fourth-order valence-corrected chi connectivity index (χ4v) is 2.98. The lowest BCUT2D eigenvalue weighted by molar-refractivity contribution is -0.142. The molecule has 2 amide bonds. The Morgan fingerprint density at radius 2 is 2.10 bits per heavy atom. The van der Waals surface area contributed by atoms with Crippen molar-refractivity contribution < 1.29 is 36.0 Å². The summed E-state index contributed by atoms with van der Waals surface area (Å²) in [6.45, 7) is -1.17. The number of rotatable bonds is 6. The molecule has 0 bridgehead atoms. The highest BCUT2D eigenvalue weighted by molar-refractivity contribution is 9.10. The van der Waals surface area contributed by atoms with Gasteiger partial charge in [0.15, 0.2) is 11.4 Å². The number of hydrogen-bond donors (Lipinski definition) is 1. The number of halogens is 6. The van der Waals surface area contributed by atoms with E-state index in [1.165, 1.54) is 4.90 Å². The second-order valence-corrected chi connectivity index (χ2v) is 6.73.